The van der Waals surface area contributed by atoms with Crippen molar-refractivity contribution in [3.8, 4) is 0 Å². The first-order valence-corrected chi connectivity index (χ1v) is 10.4. The van der Waals surface area contributed by atoms with Crippen LogP contribution in [0.4, 0.5) is 10.8 Å². The van der Waals surface area contributed by atoms with E-state index in [1.54, 1.807) is 13.8 Å². The first-order chi connectivity index (χ1) is 13.6. The van der Waals surface area contributed by atoms with E-state index in [9.17, 15) is 22.8 Å². The highest BCUT2D eigenvalue weighted by Crippen LogP contribution is 2.24. The summed E-state index contributed by atoms with van der Waals surface area (Å²) in [5, 5.41) is 9.67. The molecule has 13 heteroatoms. The fourth-order valence-corrected chi connectivity index (χ4v) is 3.92. The molecule has 0 aliphatic heterocycles. The molecule has 0 atom stereocenters. The molecule has 2 rings (SSSR count). The lowest BCUT2D eigenvalue weighted by Gasteiger charge is -2.09. The zero-order valence-corrected chi connectivity index (χ0v) is 17.5. The van der Waals surface area contributed by atoms with Gasteiger partial charge >= 0.3 is 11.9 Å². The Kier molecular flexibility index (Phi) is 6.87. The number of hydrogen-bond acceptors (Lipinski definition) is 10. The van der Waals surface area contributed by atoms with Gasteiger partial charge in [0, 0.05) is 5.92 Å². The third-order valence-corrected chi connectivity index (χ3v) is 6.01. The number of carbonyl (C=O) groups excluding carboxylic acids is 3. The molecular formula is C16H18N4O7S2. The Bertz CT molecular complexity index is 1010. The molecule has 0 radical (unpaired) electrons. The summed E-state index contributed by atoms with van der Waals surface area (Å²) >= 11 is 0.647. The predicted molar refractivity (Wildman–Crippen MR) is 103 cm³/mol. The molecule has 0 saturated heterocycles. The van der Waals surface area contributed by atoms with Crippen molar-refractivity contribution in [3.63, 3.8) is 0 Å². The molecule has 1 aromatic heterocycles. The zero-order chi connectivity index (χ0) is 21.8. The van der Waals surface area contributed by atoms with Gasteiger partial charge in [-0.25, -0.2) is 9.59 Å². The second-order valence-electron chi connectivity index (χ2n) is 5.90. The van der Waals surface area contributed by atoms with Crippen LogP contribution in [0.1, 0.15) is 34.6 Å². The molecule has 0 unspecified atom stereocenters. The summed E-state index contributed by atoms with van der Waals surface area (Å²) in [6.45, 7) is 3.34. The van der Waals surface area contributed by atoms with Gasteiger partial charge in [0.15, 0.2) is 0 Å². The molecule has 0 saturated carbocycles. The molecule has 0 spiro atoms. The Morgan fingerprint density at radius 1 is 1.00 bits per heavy atom. The smallest absolute Gasteiger partial charge is 0.337 e. The van der Waals surface area contributed by atoms with Crippen LogP contribution in [0.15, 0.2) is 22.5 Å². The molecule has 156 valence electrons. The number of ether oxygens (including phenoxy) is 2. The molecule has 0 aliphatic carbocycles. The van der Waals surface area contributed by atoms with Gasteiger partial charge < -0.3 is 14.8 Å². The Hall–Kier alpha value is -3.06. The molecule has 0 fully saturated rings. The van der Waals surface area contributed by atoms with Gasteiger partial charge in [-0.15, -0.1) is 10.2 Å². The number of sulfonamides is 1. The number of hydrogen-bond donors (Lipinski definition) is 2. The fourth-order valence-electron chi connectivity index (χ4n) is 1.98. The number of benzene rings is 1. The third kappa shape index (κ3) is 5.48. The number of carbonyl (C=O) groups is 3. The summed E-state index contributed by atoms with van der Waals surface area (Å²) in [7, 11) is -1.92. The van der Waals surface area contributed by atoms with Crippen molar-refractivity contribution in [1.82, 2.24) is 10.2 Å². The Morgan fingerprint density at radius 2 is 1.55 bits per heavy atom. The summed E-state index contributed by atoms with van der Waals surface area (Å²) in [6.07, 6.45) is 0. The fraction of sp³-hybridized carbons (Fsp3) is 0.312. The Balaban J connectivity index is 2.34. The molecule has 11 nitrogen and oxygen atoms in total. The van der Waals surface area contributed by atoms with Gasteiger partial charge in [-0.2, -0.15) is 8.42 Å². The monoisotopic (exact) mass is 442 g/mol. The number of anilines is 2. The van der Waals surface area contributed by atoms with Crippen molar-refractivity contribution in [2.75, 3.05) is 24.3 Å². The number of amides is 1. The van der Waals surface area contributed by atoms with E-state index in [1.807, 2.05) is 0 Å². The van der Waals surface area contributed by atoms with Crippen LogP contribution < -0.4 is 10.0 Å². The minimum absolute atomic E-state index is 0.0163. The number of nitrogens with one attached hydrogen (secondary N) is 2. The third-order valence-electron chi connectivity index (χ3n) is 3.42. The van der Waals surface area contributed by atoms with Crippen molar-refractivity contribution in [1.29, 1.82) is 0 Å². The maximum absolute atomic E-state index is 12.6. The highest BCUT2D eigenvalue weighted by Gasteiger charge is 2.23. The summed E-state index contributed by atoms with van der Waals surface area (Å²) in [5.41, 5.74) is -0.207. The van der Waals surface area contributed by atoms with Crippen LogP contribution in [-0.4, -0.2) is 50.7 Å². The topological polar surface area (TPSA) is 154 Å². The second kappa shape index (κ2) is 8.96. The van der Waals surface area contributed by atoms with Crippen LogP contribution in [0, 0.1) is 5.92 Å². The van der Waals surface area contributed by atoms with Crippen molar-refractivity contribution >= 4 is 50.0 Å². The SMILES string of the molecule is COC(=O)c1cc(NS(=O)(=O)c2nnc(NC(=O)C(C)C)s2)cc(C(=O)OC)c1. The van der Waals surface area contributed by atoms with Crippen LogP contribution in [0.25, 0.3) is 0 Å². The van der Waals surface area contributed by atoms with E-state index in [1.165, 1.54) is 18.2 Å². The van der Waals surface area contributed by atoms with Gasteiger partial charge in [-0.05, 0) is 18.2 Å². The van der Waals surface area contributed by atoms with Gasteiger partial charge in [-0.3, -0.25) is 9.52 Å². The quantitative estimate of drug-likeness (QED) is 0.479. The molecule has 1 amide bonds. The standard InChI is InChI=1S/C16H18N4O7S2/c1-8(2)12(21)17-15-18-19-16(28-15)29(24,25)20-11-6-9(13(22)26-3)5-10(7-11)14(23)27-4/h5-8,20H,1-4H3,(H,17,18,21). The van der Waals surface area contributed by atoms with E-state index in [2.05, 4.69) is 29.7 Å². The molecule has 0 aliphatic rings. The van der Waals surface area contributed by atoms with Crippen molar-refractivity contribution in [2.45, 2.75) is 18.2 Å². The van der Waals surface area contributed by atoms with Gasteiger partial charge in [0.05, 0.1) is 31.0 Å². The molecule has 0 bridgehead atoms. The first-order valence-electron chi connectivity index (χ1n) is 8.06. The lowest BCUT2D eigenvalue weighted by Crippen LogP contribution is -2.17. The van der Waals surface area contributed by atoms with E-state index in [0.29, 0.717) is 11.3 Å². The lowest BCUT2D eigenvalue weighted by atomic mass is 10.1. The van der Waals surface area contributed by atoms with Crippen molar-refractivity contribution in [2.24, 2.45) is 5.92 Å². The van der Waals surface area contributed by atoms with E-state index in [0.717, 1.165) is 14.2 Å². The highest BCUT2D eigenvalue weighted by molar-refractivity contribution is 7.94. The molecule has 2 aromatic rings. The van der Waals surface area contributed by atoms with E-state index in [-0.39, 0.29) is 33.8 Å². The minimum atomic E-state index is -4.21. The van der Waals surface area contributed by atoms with Crippen molar-refractivity contribution in [3.05, 3.63) is 29.3 Å². The summed E-state index contributed by atoms with van der Waals surface area (Å²) in [6, 6.07) is 3.59. The number of methoxy groups -OCH3 is 2. The average Bonchev–Trinajstić information content (AvgIpc) is 3.15. The summed E-state index contributed by atoms with van der Waals surface area (Å²) in [4.78, 5) is 35.3. The molecule has 2 N–H and O–H groups in total. The van der Waals surface area contributed by atoms with Crippen LogP contribution in [0.3, 0.4) is 0 Å². The minimum Gasteiger partial charge on any atom is -0.465 e. The number of nitrogens with zero attached hydrogens (tertiary/aromatic N) is 2. The van der Waals surface area contributed by atoms with E-state index in [4.69, 9.17) is 0 Å². The van der Waals surface area contributed by atoms with Gasteiger partial charge in [-0.1, -0.05) is 25.2 Å². The van der Waals surface area contributed by atoms with Crippen molar-refractivity contribution < 1.29 is 32.3 Å². The first kappa shape index (κ1) is 22.2. The van der Waals surface area contributed by atoms with Crippen LogP contribution >= 0.6 is 11.3 Å². The summed E-state index contributed by atoms with van der Waals surface area (Å²) in [5.74, 6) is -2.21. The lowest BCUT2D eigenvalue weighted by molar-refractivity contribution is -0.118. The zero-order valence-electron chi connectivity index (χ0n) is 15.9. The van der Waals surface area contributed by atoms with Crippen LogP contribution in [0.2, 0.25) is 0 Å². The van der Waals surface area contributed by atoms with Gasteiger partial charge in [0.2, 0.25) is 11.0 Å². The maximum Gasteiger partial charge on any atom is 0.337 e. The van der Waals surface area contributed by atoms with Crippen LogP contribution in [-0.2, 0) is 24.3 Å². The molecule has 29 heavy (non-hydrogen) atoms. The van der Waals surface area contributed by atoms with Gasteiger partial charge in [0.1, 0.15) is 0 Å². The largest absolute Gasteiger partial charge is 0.465 e. The number of esters is 2. The Labute approximate surface area is 170 Å². The normalized spacial score (nSPS) is 11.1. The summed E-state index contributed by atoms with van der Waals surface area (Å²) < 4.78 is 36.2. The predicted octanol–water partition coefficient (Wildman–Crippen LogP) is 1.51. The second-order valence-corrected chi connectivity index (χ2v) is 8.74. The maximum atomic E-state index is 12.6. The molecule has 1 heterocycles. The Morgan fingerprint density at radius 3 is 2.03 bits per heavy atom. The van der Waals surface area contributed by atoms with Gasteiger partial charge in [0.25, 0.3) is 14.4 Å². The number of aromatic nitrogens is 2. The van der Waals surface area contributed by atoms with E-state index < -0.39 is 26.3 Å². The number of rotatable bonds is 7. The molecular weight excluding hydrogens is 424 g/mol. The van der Waals surface area contributed by atoms with Crippen LogP contribution in [0.5, 0.6) is 0 Å². The average molecular weight is 442 g/mol. The highest BCUT2D eigenvalue weighted by atomic mass is 32.2. The molecule has 1 aromatic carbocycles. The van der Waals surface area contributed by atoms with E-state index >= 15 is 0 Å².